The van der Waals surface area contributed by atoms with E-state index < -0.39 is 9.84 Å². The molecule has 6 heteroatoms. The van der Waals surface area contributed by atoms with Gasteiger partial charge in [0.05, 0.1) is 16.9 Å². The first-order valence-electron chi connectivity index (χ1n) is 7.70. The van der Waals surface area contributed by atoms with E-state index in [1.54, 1.807) is 4.90 Å². The largest absolute Gasteiger partial charge is 0.341 e. The highest BCUT2D eigenvalue weighted by molar-refractivity contribution is 7.91. The van der Waals surface area contributed by atoms with Gasteiger partial charge in [-0.1, -0.05) is 13.3 Å². The van der Waals surface area contributed by atoms with Crippen molar-refractivity contribution < 1.29 is 13.2 Å². The molecule has 2 saturated heterocycles. The summed E-state index contributed by atoms with van der Waals surface area (Å²) in [7, 11) is -2.96. The normalized spacial score (nSPS) is 30.8. The molecule has 20 heavy (non-hydrogen) atoms. The van der Waals surface area contributed by atoms with Gasteiger partial charge in [0, 0.05) is 19.6 Å². The third-order valence-electron chi connectivity index (χ3n) is 4.50. The summed E-state index contributed by atoms with van der Waals surface area (Å²) in [4.78, 5) is 14.7. The average Bonchev–Trinajstić information content (AvgIpc) is 2.60. The average molecular weight is 302 g/mol. The zero-order chi connectivity index (χ0) is 14.6. The zero-order valence-corrected chi connectivity index (χ0v) is 13.2. The molecule has 2 heterocycles. The lowest BCUT2D eigenvalue weighted by Crippen LogP contribution is -2.52. The Morgan fingerprint density at radius 2 is 2.05 bits per heavy atom. The predicted molar refractivity (Wildman–Crippen MR) is 79.3 cm³/mol. The van der Waals surface area contributed by atoms with Crippen molar-refractivity contribution in [2.75, 3.05) is 37.7 Å². The molecular weight excluding hydrogens is 276 g/mol. The van der Waals surface area contributed by atoms with Crippen LogP contribution < -0.4 is 5.32 Å². The monoisotopic (exact) mass is 302 g/mol. The third kappa shape index (κ3) is 3.52. The molecule has 2 fully saturated rings. The summed E-state index contributed by atoms with van der Waals surface area (Å²) in [6.07, 6.45) is 4.40. The Hall–Kier alpha value is -0.620. The summed E-state index contributed by atoms with van der Waals surface area (Å²) in [6.45, 7) is 4.78. The van der Waals surface area contributed by atoms with Gasteiger partial charge in [0.15, 0.2) is 9.84 Å². The molecule has 0 saturated carbocycles. The number of rotatable bonds is 3. The molecule has 2 rings (SSSR count). The van der Waals surface area contributed by atoms with E-state index in [0.717, 1.165) is 38.8 Å². The fraction of sp³-hybridized carbons (Fsp3) is 0.929. The molecule has 0 aromatic rings. The van der Waals surface area contributed by atoms with E-state index in [9.17, 15) is 13.2 Å². The van der Waals surface area contributed by atoms with Gasteiger partial charge in [-0.3, -0.25) is 4.79 Å². The fourth-order valence-corrected chi connectivity index (χ4v) is 4.70. The number of hydrogen-bond donors (Lipinski definition) is 1. The number of piperidine rings is 1. The van der Waals surface area contributed by atoms with Crippen molar-refractivity contribution in [2.45, 2.75) is 39.0 Å². The fourth-order valence-electron chi connectivity index (χ4n) is 3.43. The Morgan fingerprint density at radius 3 is 2.70 bits per heavy atom. The van der Waals surface area contributed by atoms with Gasteiger partial charge >= 0.3 is 0 Å². The van der Waals surface area contributed by atoms with E-state index in [-0.39, 0.29) is 22.8 Å². The van der Waals surface area contributed by atoms with Gasteiger partial charge in [0.1, 0.15) is 0 Å². The molecule has 116 valence electrons. The molecule has 0 aromatic carbocycles. The van der Waals surface area contributed by atoms with Crippen molar-refractivity contribution in [3.63, 3.8) is 0 Å². The Balaban J connectivity index is 2.11. The van der Waals surface area contributed by atoms with E-state index in [0.29, 0.717) is 19.5 Å². The van der Waals surface area contributed by atoms with Crippen molar-refractivity contribution in [1.29, 1.82) is 0 Å². The highest BCUT2D eigenvalue weighted by Gasteiger charge is 2.41. The van der Waals surface area contributed by atoms with Gasteiger partial charge in [-0.15, -0.1) is 0 Å². The highest BCUT2D eigenvalue weighted by atomic mass is 32.2. The van der Waals surface area contributed by atoms with Gasteiger partial charge in [0.25, 0.3) is 0 Å². The Labute approximate surface area is 122 Å². The topological polar surface area (TPSA) is 66.5 Å². The van der Waals surface area contributed by atoms with Gasteiger partial charge in [-0.2, -0.15) is 0 Å². The Bertz CT molecular complexity index is 436. The first kappa shape index (κ1) is 15.8. The molecule has 0 aliphatic carbocycles. The van der Waals surface area contributed by atoms with Crippen LogP contribution in [0.5, 0.6) is 0 Å². The molecule has 2 aliphatic rings. The molecule has 5 nitrogen and oxygen atoms in total. The lowest BCUT2D eigenvalue weighted by molar-refractivity contribution is -0.143. The van der Waals surface area contributed by atoms with Crippen molar-refractivity contribution in [3.8, 4) is 0 Å². The number of nitrogens with zero attached hydrogens (tertiary/aromatic N) is 1. The first-order valence-corrected chi connectivity index (χ1v) is 9.52. The second-order valence-electron chi connectivity index (χ2n) is 6.11. The summed E-state index contributed by atoms with van der Waals surface area (Å²) >= 11 is 0. The zero-order valence-electron chi connectivity index (χ0n) is 12.4. The minimum absolute atomic E-state index is 0.119. The number of carbonyl (C=O) groups is 1. The molecule has 0 aromatic heterocycles. The van der Waals surface area contributed by atoms with E-state index in [2.05, 4.69) is 12.2 Å². The van der Waals surface area contributed by atoms with Crippen LogP contribution in [-0.2, 0) is 14.6 Å². The van der Waals surface area contributed by atoms with Crippen LogP contribution in [0.4, 0.5) is 0 Å². The number of carbonyl (C=O) groups excluding carboxylic acids is 1. The van der Waals surface area contributed by atoms with Gasteiger partial charge in [-0.25, -0.2) is 8.42 Å². The van der Waals surface area contributed by atoms with Gasteiger partial charge in [-0.05, 0) is 32.2 Å². The predicted octanol–water partition coefficient (Wildman–Crippen LogP) is 0.803. The molecule has 0 radical (unpaired) electrons. The maximum absolute atomic E-state index is 12.9. The standard InChI is InChI=1S/C14H26N2O3S/c1-2-5-14(6-3-7-15-12-14)13(17)16-8-4-10-20(18,19)11-9-16/h15H,2-12H2,1H3. The molecule has 1 N–H and O–H groups in total. The van der Waals surface area contributed by atoms with Crippen molar-refractivity contribution in [3.05, 3.63) is 0 Å². The van der Waals surface area contributed by atoms with Crippen LogP contribution in [0.15, 0.2) is 0 Å². The van der Waals surface area contributed by atoms with Crippen LogP contribution in [0.2, 0.25) is 0 Å². The maximum atomic E-state index is 12.9. The summed E-state index contributed by atoms with van der Waals surface area (Å²) in [5.74, 6) is 0.508. The highest BCUT2D eigenvalue weighted by Crippen LogP contribution is 2.34. The first-order chi connectivity index (χ1) is 9.49. The SMILES string of the molecule is CCCC1(C(=O)N2CCCS(=O)(=O)CC2)CCCNC1. The van der Waals surface area contributed by atoms with E-state index >= 15 is 0 Å². The maximum Gasteiger partial charge on any atom is 0.230 e. The lowest BCUT2D eigenvalue weighted by Gasteiger charge is -2.39. The van der Waals surface area contributed by atoms with Crippen LogP contribution in [0.25, 0.3) is 0 Å². The second kappa shape index (κ2) is 6.43. The van der Waals surface area contributed by atoms with Gasteiger partial charge in [0.2, 0.25) is 5.91 Å². The minimum atomic E-state index is -2.96. The number of sulfone groups is 1. The number of hydrogen-bond acceptors (Lipinski definition) is 4. The molecular formula is C14H26N2O3S. The van der Waals surface area contributed by atoms with Crippen molar-refractivity contribution in [1.82, 2.24) is 10.2 Å². The van der Waals surface area contributed by atoms with Crippen LogP contribution in [0.3, 0.4) is 0 Å². The summed E-state index contributed by atoms with van der Waals surface area (Å²) in [5.41, 5.74) is -0.304. The summed E-state index contributed by atoms with van der Waals surface area (Å²) in [5, 5.41) is 3.35. The van der Waals surface area contributed by atoms with Crippen LogP contribution >= 0.6 is 0 Å². The smallest absolute Gasteiger partial charge is 0.230 e. The molecule has 1 atom stereocenters. The molecule has 1 unspecified atom stereocenters. The second-order valence-corrected chi connectivity index (χ2v) is 8.41. The summed E-state index contributed by atoms with van der Waals surface area (Å²) < 4.78 is 23.3. The Kier molecular flexibility index (Phi) is 5.07. The van der Waals surface area contributed by atoms with Crippen LogP contribution in [0.1, 0.15) is 39.0 Å². The lowest BCUT2D eigenvalue weighted by atomic mass is 9.75. The molecule has 2 aliphatic heterocycles. The molecule has 1 amide bonds. The number of nitrogens with one attached hydrogen (secondary N) is 1. The summed E-state index contributed by atoms with van der Waals surface area (Å²) in [6, 6.07) is 0. The third-order valence-corrected chi connectivity index (χ3v) is 6.21. The van der Waals surface area contributed by atoms with E-state index in [1.165, 1.54) is 0 Å². The molecule has 0 bridgehead atoms. The molecule has 0 spiro atoms. The van der Waals surface area contributed by atoms with Crippen molar-refractivity contribution in [2.24, 2.45) is 5.41 Å². The quantitative estimate of drug-likeness (QED) is 0.837. The van der Waals surface area contributed by atoms with E-state index in [4.69, 9.17) is 0 Å². The van der Waals surface area contributed by atoms with Crippen LogP contribution in [0, 0.1) is 5.41 Å². The van der Waals surface area contributed by atoms with Crippen molar-refractivity contribution >= 4 is 15.7 Å². The van der Waals surface area contributed by atoms with Gasteiger partial charge < -0.3 is 10.2 Å². The Morgan fingerprint density at radius 1 is 1.25 bits per heavy atom. The van der Waals surface area contributed by atoms with E-state index in [1.807, 2.05) is 0 Å². The van der Waals surface area contributed by atoms with Crippen LogP contribution in [-0.4, -0.2) is 56.9 Å². The number of amides is 1. The minimum Gasteiger partial charge on any atom is -0.341 e.